The number of likely N-dealkylation sites (tertiary alicyclic amines) is 1. The fraction of sp³-hybridized carbons (Fsp3) is 0.600. The molecule has 0 spiro atoms. The minimum atomic E-state index is -0.566. The minimum absolute atomic E-state index is 0.0245. The first-order valence-corrected chi connectivity index (χ1v) is 5.68. The van der Waals surface area contributed by atoms with Crippen molar-refractivity contribution < 1.29 is 9.66 Å². The van der Waals surface area contributed by atoms with Crippen molar-refractivity contribution in [1.29, 1.82) is 0 Å². The van der Waals surface area contributed by atoms with Gasteiger partial charge in [0.15, 0.2) is 0 Å². The first kappa shape index (κ1) is 12.5. The number of aromatic nitrogens is 2. The SMILES string of the molecule is CN1CCC(Oc2nc(N)ncc2[N+](=O)[O-])CC1. The second kappa shape index (κ2) is 5.13. The number of anilines is 1. The number of hydrogen-bond acceptors (Lipinski definition) is 7. The maximum Gasteiger partial charge on any atom is 0.349 e. The summed E-state index contributed by atoms with van der Waals surface area (Å²) in [6.07, 6.45) is 2.65. The summed E-state index contributed by atoms with van der Waals surface area (Å²) in [5, 5.41) is 10.8. The summed E-state index contributed by atoms with van der Waals surface area (Å²) < 4.78 is 5.58. The molecule has 8 heteroatoms. The van der Waals surface area contributed by atoms with Crippen LogP contribution >= 0.6 is 0 Å². The van der Waals surface area contributed by atoms with E-state index in [2.05, 4.69) is 14.9 Å². The van der Waals surface area contributed by atoms with Crippen LogP contribution in [0.25, 0.3) is 0 Å². The van der Waals surface area contributed by atoms with Crippen LogP contribution in [-0.4, -0.2) is 46.0 Å². The molecule has 2 N–H and O–H groups in total. The van der Waals surface area contributed by atoms with Crippen molar-refractivity contribution in [2.45, 2.75) is 18.9 Å². The van der Waals surface area contributed by atoms with Gasteiger partial charge < -0.3 is 15.4 Å². The lowest BCUT2D eigenvalue weighted by Gasteiger charge is -2.28. The Balaban J connectivity index is 2.12. The van der Waals surface area contributed by atoms with Crippen molar-refractivity contribution in [3.63, 3.8) is 0 Å². The molecular weight excluding hydrogens is 238 g/mol. The largest absolute Gasteiger partial charge is 0.469 e. The molecule has 18 heavy (non-hydrogen) atoms. The summed E-state index contributed by atoms with van der Waals surface area (Å²) in [5.41, 5.74) is 5.17. The van der Waals surface area contributed by atoms with Crippen molar-refractivity contribution in [2.24, 2.45) is 0 Å². The van der Waals surface area contributed by atoms with Gasteiger partial charge in [-0.25, -0.2) is 4.98 Å². The molecule has 1 aliphatic heterocycles. The lowest BCUT2D eigenvalue weighted by Crippen LogP contribution is -2.35. The predicted octanol–water partition coefficient (Wildman–Crippen LogP) is 0.440. The van der Waals surface area contributed by atoms with Crippen molar-refractivity contribution in [3.05, 3.63) is 16.3 Å². The molecule has 8 nitrogen and oxygen atoms in total. The molecule has 0 bridgehead atoms. The highest BCUT2D eigenvalue weighted by atomic mass is 16.6. The lowest BCUT2D eigenvalue weighted by molar-refractivity contribution is -0.386. The van der Waals surface area contributed by atoms with Crippen molar-refractivity contribution >= 4 is 11.6 Å². The second-order valence-corrected chi connectivity index (χ2v) is 4.30. The van der Waals surface area contributed by atoms with E-state index < -0.39 is 4.92 Å². The molecule has 98 valence electrons. The molecule has 0 amide bonds. The molecule has 2 heterocycles. The average Bonchev–Trinajstić information content (AvgIpc) is 2.32. The third-order valence-corrected chi connectivity index (χ3v) is 2.89. The second-order valence-electron chi connectivity index (χ2n) is 4.30. The van der Waals surface area contributed by atoms with Crippen LogP contribution in [0.1, 0.15) is 12.8 Å². The summed E-state index contributed by atoms with van der Waals surface area (Å²) in [7, 11) is 2.03. The smallest absolute Gasteiger partial charge is 0.349 e. The van der Waals surface area contributed by atoms with E-state index in [1.807, 2.05) is 7.05 Å². The number of nitro groups is 1. The molecule has 1 aromatic heterocycles. The molecule has 1 fully saturated rings. The molecule has 1 saturated heterocycles. The van der Waals surface area contributed by atoms with Gasteiger partial charge in [0.2, 0.25) is 5.95 Å². The van der Waals surface area contributed by atoms with E-state index in [1.54, 1.807) is 0 Å². The monoisotopic (exact) mass is 253 g/mol. The molecular formula is C10H15N5O3. The van der Waals surface area contributed by atoms with Gasteiger partial charge in [0.1, 0.15) is 12.3 Å². The van der Waals surface area contributed by atoms with Crippen LogP contribution in [0, 0.1) is 10.1 Å². The Morgan fingerprint density at radius 1 is 1.56 bits per heavy atom. The Labute approximate surface area is 104 Å². The summed E-state index contributed by atoms with van der Waals surface area (Å²) in [5.74, 6) is -0.0643. The van der Waals surface area contributed by atoms with Gasteiger partial charge in [-0.15, -0.1) is 0 Å². The first-order chi connectivity index (χ1) is 8.56. The Morgan fingerprint density at radius 3 is 2.83 bits per heavy atom. The standard InChI is InChI=1S/C10H15N5O3/c1-14-4-2-7(3-5-14)18-9-8(15(16)17)6-12-10(11)13-9/h6-7H,2-5H2,1H3,(H2,11,12,13). The fourth-order valence-electron chi connectivity index (χ4n) is 1.85. The number of ether oxygens (including phenoxy) is 1. The number of nitrogens with zero attached hydrogens (tertiary/aromatic N) is 4. The Kier molecular flexibility index (Phi) is 3.56. The zero-order valence-electron chi connectivity index (χ0n) is 10.1. The number of rotatable bonds is 3. The molecule has 0 atom stereocenters. The molecule has 0 unspecified atom stereocenters. The third-order valence-electron chi connectivity index (χ3n) is 2.89. The lowest BCUT2D eigenvalue weighted by atomic mass is 10.1. The van der Waals surface area contributed by atoms with E-state index >= 15 is 0 Å². The van der Waals surface area contributed by atoms with Crippen LogP contribution < -0.4 is 10.5 Å². The van der Waals surface area contributed by atoms with E-state index in [0.717, 1.165) is 32.1 Å². The van der Waals surface area contributed by atoms with Crippen LogP contribution in [0.2, 0.25) is 0 Å². The maximum atomic E-state index is 10.8. The molecule has 0 radical (unpaired) electrons. The van der Waals surface area contributed by atoms with Gasteiger partial charge in [0.25, 0.3) is 5.88 Å². The zero-order valence-corrected chi connectivity index (χ0v) is 10.1. The quantitative estimate of drug-likeness (QED) is 0.615. The topological polar surface area (TPSA) is 107 Å². The van der Waals surface area contributed by atoms with Crippen LogP contribution in [0.5, 0.6) is 5.88 Å². The molecule has 0 saturated carbocycles. The van der Waals surface area contributed by atoms with Gasteiger partial charge in [0.05, 0.1) is 4.92 Å². The Morgan fingerprint density at radius 2 is 2.22 bits per heavy atom. The number of hydrogen-bond donors (Lipinski definition) is 1. The maximum absolute atomic E-state index is 10.8. The average molecular weight is 253 g/mol. The van der Waals surface area contributed by atoms with E-state index in [1.165, 1.54) is 0 Å². The number of nitrogens with two attached hydrogens (primary N) is 1. The molecule has 1 aliphatic rings. The van der Waals surface area contributed by atoms with Gasteiger partial charge >= 0.3 is 5.69 Å². The number of piperidine rings is 1. The first-order valence-electron chi connectivity index (χ1n) is 5.68. The molecule has 2 rings (SSSR count). The van der Waals surface area contributed by atoms with Gasteiger partial charge in [-0.2, -0.15) is 4.98 Å². The van der Waals surface area contributed by atoms with Crippen LogP contribution in [0.3, 0.4) is 0 Å². The Hall–Kier alpha value is -1.96. The third kappa shape index (κ3) is 2.83. The van der Waals surface area contributed by atoms with Crippen LogP contribution in [0.4, 0.5) is 11.6 Å². The fourth-order valence-corrected chi connectivity index (χ4v) is 1.85. The summed E-state index contributed by atoms with van der Waals surface area (Å²) in [4.78, 5) is 19.8. The van der Waals surface area contributed by atoms with Gasteiger partial charge in [-0.05, 0) is 19.9 Å². The highest BCUT2D eigenvalue weighted by Crippen LogP contribution is 2.26. The van der Waals surface area contributed by atoms with E-state index in [0.29, 0.717) is 0 Å². The van der Waals surface area contributed by atoms with E-state index in [4.69, 9.17) is 10.5 Å². The molecule has 1 aromatic rings. The highest BCUT2D eigenvalue weighted by Gasteiger charge is 2.24. The van der Waals surface area contributed by atoms with Crippen LogP contribution in [0.15, 0.2) is 6.20 Å². The molecule has 0 aromatic carbocycles. The predicted molar refractivity (Wildman–Crippen MR) is 64.2 cm³/mol. The minimum Gasteiger partial charge on any atom is -0.469 e. The summed E-state index contributed by atoms with van der Waals surface area (Å²) in [6, 6.07) is 0. The van der Waals surface area contributed by atoms with Gasteiger partial charge in [0, 0.05) is 13.1 Å². The van der Waals surface area contributed by atoms with Crippen LogP contribution in [-0.2, 0) is 0 Å². The van der Waals surface area contributed by atoms with E-state index in [9.17, 15) is 10.1 Å². The van der Waals surface area contributed by atoms with E-state index in [-0.39, 0.29) is 23.6 Å². The molecule has 0 aliphatic carbocycles. The number of nitrogen functional groups attached to an aromatic ring is 1. The summed E-state index contributed by atoms with van der Waals surface area (Å²) >= 11 is 0. The zero-order chi connectivity index (χ0) is 13.1. The summed E-state index contributed by atoms with van der Waals surface area (Å²) in [6.45, 7) is 1.80. The van der Waals surface area contributed by atoms with Gasteiger partial charge in [-0.1, -0.05) is 0 Å². The highest BCUT2D eigenvalue weighted by molar-refractivity contribution is 5.41. The van der Waals surface area contributed by atoms with Crippen molar-refractivity contribution in [3.8, 4) is 5.88 Å². The van der Waals surface area contributed by atoms with Gasteiger partial charge in [-0.3, -0.25) is 10.1 Å². The van der Waals surface area contributed by atoms with Crippen molar-refractivity contribution in [1.82, 2.24) is 14.9 Å². The Bertz CT molecular complexity index is 445. The normalized spacial score (nSPS) is 17.6. The van der Waals surface area contributed by atoms with Crippen molar-refractivity contribution in [2.75, 3.05) is 25.9 Å².